The molecule has 2 saturated heterocycles. The first kappa shape index (κ1) is 43.9. The van der Waals surface area contributed by atoms with Gasteiger partial charge in [0, 0.05) is 45.6 Å². The number of hydrogen-bond acceptors (Lipinski definition) is 10. The second-order valence-electron chi connectivity index (χ2n) is 17.1. The van der Waals surface area contributed by atoms with E-state index >= 15 is 0 Å². The molecule has 5 atom stereocenters. The van der Waals surface area contributed by atoms with Crippen molar-refractivity contribution in [3.05, 3.63) is 108 Å². The zero-order valence-electron chi connectivity index (χ0n) is 37.0. The van der Waals surface area contributed by atoms with Crippen LogP contribution in [-0.4, -0.2) is 113 Å². The van der Waals surface area contributed by atoms with E-state index in [2.05, 4.69) is 69.1 Å². The first-order valence-corrected chi connectivity index (χ1v) is 21.7. The van der Waals surface area contributed by atoms with E-state index in [-0.39, 0.29) is 35.7 Å². The molecule has 2 aromatic heterocycles. The van der Waals surface area contributed by atoms with Gasteiger partial charge in [-0.05, 0) is 65.0 Å². The van der Waals surface area contributed by atoms with Gasteiger partial charge in [-0.1, -0.05) is 86.6 Å². The van der Waals surface area contributed by atoms with Gasteiger partial charge in [-0.3, -0.25) is 9.59 Å². The second kappa shape index (κ2) is 18.9. The predicted octanol–water partition coefficient (Wildman–Crippen LogP) is 7.30. The van der Waals surface area contributed by atoms with Gasteiger partial charge in [-0.2, -0.15) is 0 Å². The van der Waals surface area contributed by atoms with Crippen LogP contribution in [0.3, 0.4) is 0 Å². The number of alkyl carbamates (subject to hydrolysis) is 1. The molecule has 64 heavy (non-hydrogen) atoms. The summed E-state index contributed by atoms with van der Waals surface area (Å²) in [7, 11) is 6.15. The summed E-state index contributed by atoms with van der Waals surface area (Å²) in [6.45, 7) is 5.31. The number of aromatic nitrogens is 4. The summed E-state index contributed by atoms with van der Waals surface area (Å²) < 4.78 is 10.3. The predicted molar refractivity (Wildman–Crippen MR) is 241 cm³/mol. The quantitative estimate of drug-likeness (QED) is 0.0859. The molecule has 334 valence electrons. The lowest BCUT2D eigenvalue weighted by atomic mass is 9.99. The second-order valence-corrected chi connectivity index (χ2v) is 17.1. The van der Waals surface area contributed by atoms with Gasteiger partial charge in [0.15, 0.2) is 0 Å². The van der Waals surface area contributed by atoms with Crippen LogP contribution >= 0.6 is 0 Å². The van der Waals surface area contributed by atoms with Crippen LogP contribution in [0, 0.1) is 11.8 Å². The van der Waals surface area contributed by atoms with Crippen LogP contribution in [0.1, 0.15) is 68.4 Å². The smallest absolute Gasteiger partial charge is 0.427 e. The maximum absolute atomic E-state index is 14.1. The van der Waals surface area contributed by atoms with E-state index in [4.69, 9.17) is 24.3 Å². The molecule has 16 heteroatoms. The molecular weight excluding hydrogens is 815 g/mol. The number of hydrogen-bond donors (Lipinski definition) is 4. The number of aromatic amines is 2. The lowest BCUT2D eigenvalue weighted by molar-refractivity contribution is -0.136. The van der Waals surface area contributed by atoms with E-state index in [1.807, 2.05) is 55.1 Å². The molecule has 0 aliphatic carbocycles. The standard InChI is InChI=1S/C48H55N9O7/c1-28(2)40(53-47(60)63-6)45(58)57-26-29(27-62-5)23-39(57)44-50-36-21-19-34-24-33(18-20-35(34)42(36)52-44)30-14-16-31(17-15-30)37-25-49-43(51-37)38-13-10-22-56(38)46(59)41(32-11-8-7-9-12-32)54-48(61)64-55(3)4/h7-9,11-12,14-21,24-25,28-29,38-41H,10,13,22-23,26-27H2,1-6H3,(H,49,51)(H,50,52)(H,53,60)(H,54,61)/t29-,38-,39-,40-,41+/m0/s1. The number of benzene rings is 4. The molecule has 0 unspecified atom stereocenters. The Hall–Kier alpha value is -6.78. The van der Waals surface area contributed by atoms with Gasteiger partial charge in [0.25, 0.3) is 5.91 Å². The minimum Gasteiger partial charge on any atom is -0.453 e. The van der Waals surface area contributed by atoms with Crippen LogP contribution in [0.15, 0.2) is 91.1 Å². The minimum atomic E-state index is -0.925. The van der Waals surface area contributed by atoms with E-state index < -0.39 is 24.3 Å². The Morgan fingerprint density at radius 1 is 0.828 bits per heavy atom. The van der Waals surface area contributed by atoms with Crippen molar-refractivity contribution in [2.24, 2.45) is 11.8 Å². The highest BCUT2D eigenvalue weighted by Crippen LogP contribution is 2.38. The van der Waals surface area contributed by atoms with Gasteiger partial charge in [-0.25, -0.2) is 19.6 Å². The van der Waals surface area contributed by atoms with E-state index in [9.17, 15) is 19.2 Å². The highest BCUT2D eigenvalue weighted by Gasteiger charge is 2.42. The van der Waals surface area contributed by atoms with Crippen molar-refractivity contribution in [2.75, 3.05) is 48.0 Å². The summed E-state index contributed by atoms with van der Waals surface area (Å²) in [5, 5.41) is 8.78. The highest BCUT2D eigenvalue weighted by molar-refractivity contribution is 6.05. The van der Waals surface area contributed by atoms with Crippen LogP contribution in [0.2, 0.25) is 0 Å². The van der Waals surface area contributed by atoms with Crippen molar-refractivity contribution in [1.29, 1.82) is 0 Å². The van der Waals surface area contributed by atoms with Gasteiger partial charge in [0.2, 0.25) is 5.91 Å². The number of hydroxylamine groups is 2. The van der Waals surface area contributed by atoms with Gasteiger partial charge < -0.3 is 44.7 Å². The lowest BCUT2D eigenvalue weighted by Gasteiger charge is -2.30. The third-order valence-electron chi connectivity index (χ3n) is 12.2. The van der Waals surface area contributed by atoms with Crippen molar-refractivity contribution < 1.29 is 33.5 Å². The molecule has 4 heterocycles. The number of nitrogens with zero attached hydrogens (tertiary/aromatic N) is 5. The van der Waals surface area contributed by atoms with Crippen molar-refractivity contribution in [1.82, 2.24) is 45.4 Å². The average Bonchev–Trinajstić information content (AvgIpc) is 4.13. The molecule has 6 aromatic rings. The van der Waals surface area contributed by atoms with Crippen molar-refractivity contribution in [2.45, 2.75) is 57.3 Å². The van der Waals surface area contributed by atoms with Crippen LogP contribution in [0.5, 0.6) is 0 Å². The fourth-order valence-corrected chi connectivity index (χ4v) is 9.04. The van der Waals surface area contributed by atoms with E-state index in [0.717, 1.165) is 57.0 Å². The maximum atomic E-state index is 14.1. The third-order valence-corrected chi connectivity index (χ3v) is 12.2. The highest BCUT2D eigenvalue weighted by atomic mass is 16.7. The molecule has 0 radical (unpaired) electrons. The van der Waals surface area contributed by atoms with Gasteiger partial charge >= 0.3 is 12.2 Å². The number of methoxy groups -OCH3 is 2. The molecule has 4 amide bonds. The Kier molecular flexibility index (Phi) is 13.0. The van der Waals surface area contributed by atoms with Crippen LogP contribution in [0.4, 0.5) is 9.59 Å². The number of carbonyl (C=O) groups is 4. The molecule has 4 aromatic carbocycles. The molecule has 8 rings (SSSR count). The molecule has 2 aliphatic rings. The number of amides is 4. The SMILES string of the molecule is COC[C@H]1C[C@@H](c2nc3c(ccc4cc(-c5ccc(-c6cnc([C@@H]7CCCN7C(=O)[C@H](NC(=O)ON(C)C)c7ccccc7)[nH]6)cc5)ccc43)[nH]2)N(C(=O)[C@@H](NC(=O)OC)C(C)C)C1. The summed E-state index contributed by atoms with van der Waals surface area (Å²) >= 11 is 0. The maximum Gasteiger partial charge on any atom is 0.427 e. The normalized spacial score (nSPS) is 18.5. The number of rotatable bonds is 13. The molecule has 4 N–H and O–H groups in total. The Bertz CT molecular complexity index is 2630. The Morgan fingerprint density at radius 2 is 1.58 bits per heavy atom. The summed E-state index contributed by atoms with van der Waals surface area (Å²) in [5.41, 5.74) is 6.22. The molecule has 16 nitrogen and oxygen atoms in total. The summed E-state index contributed by atoms with van der Waals surface area (Å²) in [5.74, 6) is 0.919. The lowest BCUT2D eigenvalue weighted by Crippen LogP contribution is -2.51. The number of H-pyrrole nitrogens is 2. The Balaban J connectivity index is 0.992. The molecule has 0 saturated carbocycles. The van der Waals surface area contributed by atoms with Crippen LogP contribution < -0.4 is 10.6 Å². The largest absolute Gasteiger partial charge is 0.453 e. The molecule has 2 fully saturated rings. The minimum absolute atomic E-state index is 0.108. The average molecular weight is 870 g/mol. The molecule has 2 aliphatic heterocycles. The van der Waals surface area contributed by atoms with E-state index in [1.54, 1.807) is 32.3 Å². The number of nitrogens with one attached hydrogen (secondary N) is 4. The van der Waals surface area contributed by atoms with E-state index in [1.165, 1.54) is 12.2 Å². The number of fused-ring (bicyclic) bond motifs is 3. The Labute approximate surface area is 371 Å². The van der Waals surface area contributed by atoms with Crippen molar-refractivity contribution in [3.8, 4) is 22.4 Å². The van der Waals surface area contributed by atoms with Crippen LogP contribution in [-0.2, 0) is 23.9 Å². The summed E-state index contributed by atoms with van der Waals surface area (Å²) in [6.07, 6.45) is 2.64. The number of carbonyl (C=O) groups excluding carboxylic acids is 4. The van der Waals surface area contributed by atoms with E-state index in [0.29, 0.717) is 43.3 Å². The summed E-state index contributed by atoms with van der Waals surface area (Å²) in [4.78, 5) is 78.6. The zero-order chi connectivity index (χ0) is 45.1. The number of imidazole rings is 2. The van der Waals surface area contributed by atoms with Gasteiger partial charge in [0.05, 0.1) is 48.7 Å². The van der Waals surface area contributed by atoms with Crippen LogP contribution in [0.25, 0.3) is 44.2 Å². The van der Waals surface area contributed by atoms with Crippen molar-refractivity contribution in [3.63, 3.8) is 0 Å². The fourth-order valence-electron chi connectivity index (χ4n) is 9.04. The summed E-state index contributed by atoms with van der Waals surface area (Å²) in [6, 6.07) is 25.6. The number of likely N-dealkylation sites (tertiary alicyclic amines) is 2. The first-order valence-electron chi connectivity index (χ1n) is 21.7. The molecule has 0 spiro atoms. The number of ether oxygens (including phenoxy) is 2. The fraction of sp³-hybridized carbons (Fsp3) is 0.375. The monoisotopic (exact) mass is 869 g/mol. The topological polar surface area (TPSA) is 187 Å². The van der Waals surface area contributed by atoms with Gasteiger partial charge in [-0.15, -0.1) is 5.06 Å². The molecule has 0 bridgehead atoms. The third kappa shape index (κ3) is 9.15. The van der Waals surface area contributed by atoms with Crippen molar-refractivity contribution >= 4 is 45.8 Å². The zero-order valence-corrected chi connectivity index (χ0v) is 37.0. The Morgan fingerprint density at radius 3 is 2.30 bits per heavy atom. The van der Waals surface area contributed by atoms with Gasteiger partial charge in [0.1, 0.15) is 23.7 Å². The molecular formula is C48H55N9O7. The first-order chi connectivity index (χ1) is 30.9.